The molecule has 1 fully saturated rings. The minimum atomic E-state index is -0.725. The predicted molar refractivity (Wildman–Crippen MR) is 114 cm³/mol. The maximum Gasteiger partial charge on any atom is 0.409 e. The summed E-state index contributed by atoms with van der Waals surface area (Å²) in [6.07, 6.45) is -0.374. The Morgan fingerprint density at radius 3 is 2.29 bits per heavy atom. The van der Waals surface area contributed by atoms with Crippen molar-refractivity contribution in [2.24, 2.45) is 0 Å². The molecule has 1 aromatic heterocycles. The van der Waals surface area contributed by atoms with Crippen molar-refractivity contribution in [1.29, 1.82) is 0 Å². The van der Waals surface area contributed by atoms with E-state index in [-0.39, 0.29) is 12.0 Å². The van der Waals surface area contributed by atoms with Crippen LogP contribution < -0.4 is 14.8 Å². The summed E-state index contributed by atoms with van der Waals surface area (Å²) in [5, 5.41) is 3.44. The molecule has 0 spiro atoms. The number of ether oxygens (including phenoxy) is 3. The Labute approximate surface area is 180 Å². The van der Waals surface area contributed by atoms with E-state index in [0.717, 1.165) is 0 Å². The molecular weight excluding hydrogens is 404 g/mol. The summed E-state index contributed by atoms with van der Waals surface area (Å²) in [5.41, 5.74) is 0.936. The van der Waals surface area contributed by atoms with E-state index in [0.29, 0.717) is 60.9 Å². The van der Waals surface area contributed by atoms with Gasteiger partial charge in [0.15, 0.2) is 0 Å². The lowest BCUT2D eigenvalue weighted by Crippen LogP contribution is -2.55. The Morgan fingerprint density at radius 1 is 1.06 bits per heavy atom. The fraction of sp³-hybridized carbons (Fsp3) is 0.476. The number of hydrogen-bond acceptors (Lipinski definition) is 6. The smallest absolute Gasteiger partial charge is 0.409 e. The monoisotopic (exact) mass is 432 g/mol. The molecule has 168 valence electrons. The van der Waals surface area contributed by atoms with Crippen LogP contribution in [0.25, 0.3) is 10.9 Å². The molecule has 1 aliphatic heterocycles. The van der Waals surface area contributed by atoms with Gasteiger partial charge < -0.3 is 34.3 Å². The van der Waals surface area contributed by atoms with E-state index in [1.807, 2.05) is 0 Å². The number of rotatable bonds is 6. The molecule has 2 aromatic rings. The maximum atomic E-state index is 12.8. The number of carbonyl (C=O) groups is 3. The van der Waals surface area contributed by atoms with Gasteiger partial charge in [-0.3, -0.25) is 9.59 Å². The van der Waals surface area contributed by atoms with Crippen LogP contribution in [0.3, 0.4) is 0 Å². The number of aromatic amines is 1. The molecule has 0 bridgehead atoms. The van der Waals surface area contributed by atoms with Gasteiger partial charge in [-0.25, -0.2) is 4.79 Å². The van der Waals surface area contributed by atoms with Crippen LogP contribution in [-0.2, 0) is 9.53 Å². The molecule has 0 unspecified atom stereocenters. The van der Waals surface area contributed by atoms with Crippen LogP contribution in [0.5, 0.6) is 11.5 Å². The molecule has 2 N–H and O–H groups in total. The summed E-state index contributed by atoms with van der Waals surface area (Å²) >= 11 is 0. The number of H-pyrrole nitrogens is 1. The van der Waals surface area contributed by atoms with E-state index >= 15 is 0 Å². The van der Waals surface area contributed by atoms with Gasteiger partial charge in [0.25, 0.3) is 5.91 Å². The predicted octanol–water partition coefficient (Wildman–Crippen LogP) is 1.60. The molecule has 0 saturated carbocycles. The minimum absolute atomic E-state index is 0.205. The number of aromatic nitrogens is 1. The van der Waals surface area contributed by atoms with Gasteiger partial charge in [0.2, 0.25) is 5.91 Å². The number of nitrogens with one attached hydrogen (secondary N) is 2. The number of carbonyl (C=O) groups excluding carboxylic acids is 3. The zero-order valence-electron chi connectivity index (χ0n) is 18.2. The molecule has 1 atom stereocenters. The van der Waals surface area contributed by atoms with Crippen molar-refractivity contribution in [3.8, 4) is 11.5 Å². The summed E-state index contributed by atoms with van der Waals surface area (Å²) in [5.74, 6) is 0.572. The van der Waals surface area contributed by atoms with Crippen molar-refractivity contribution < 1.29 is 28.6 Å². The van der Waals surface area contributed by atoms with Crippen molar-refractivity contribution in [1.82, 2.24) is 20.1 Å². The van der Waals surface area contributed by atoms with Gasteiger partial charge in [-0.1, -0.05) is 0 Å². The van der Waals surface area contributed by atoms with Crippen molar-refractivity contribution >= 4 is 28.8 Å². The Bertz CT molecular complexity index is 923. The zero-order valence-corrected chi connectivity index (χ0v) is 18.2. The van der Waals surface area contributed by atoms with Gasteiger partial charge in [-0.2, -0.15) is 0 Å². The van der Waals surface area contributed by atoms with Gasteiger partial charge >= 0.3 is 6.09 Å². The normalized spacial score (nSPS) is 14.8. The fourth-order valence-corrected chi connectivity index (χ4v) is 3.57. The van der Waals surface area contributed by atoms with E-state index in [2.05, 4.69) is 10.3 Å². The van der Waals surface area contributed by atoms with Gasteiger partial charge in [0.05, 0.1) is 26.3 Å². The first-order valence-electron chi connectivity index (χ1n) is 10.1. The number of hydrogen-bond donors (Lipinski definition) is 2. The Kier molecular flexibility index (Phi) is 6.88. The summed E-state index contributed by atoms with van der Waals surface area (Å²) in [6, 6.07) is 4.46. The van der Waals surface area contributed by atoms with Gasteiger partial charge in [-0.05, 0) is 32.0 Å². The molecule has 1 aliphatic rings. The molecule has 31 heavy (non-hydrogen) atoms. The molecule has 0 radical (unpaired) electrons. The van der Waals surface area contributed by atoms with Crippen molar-refractivity contribution in [2.75, 3.05) is 47.0 Å². The van der Waals surface area contributed by atoms with Gasteiger partial charge in [0, 0.05) is 31.6 Å². The van der Waals surface area contributed by atoms with Gasteiger partial charge in [-0.15, -0.1) is 0 Å². The highest BCUT2D eigenvalue weighted by molar-refractivity contribution is 6.02. The first-order chi connectivity index (χ1) is 14.9. The molecule has 1 saturated heterocycles. The third-order valence-electron chi connectivity index (χ3n) is 5.24. The second-order valence-corrected chi connectivity index (χ2v) is 7.15. The standard InChI is InChI=1S/C21H28N4O6/c1-5-31-21(28)25-10-8-24(9-11-25)20(27)13(2)22-19(26)15-12-14-16(29-3)6-7-17(30-4)18(14)23-15/h6-7,12-13,23H,5,8-11H2,1-4H3,(H,22,26)/t13-/m0/s1. The molecule has 1 aromatic carbocycles. The summed E-state index contributed by atoms with van der Waals surface area (Å²) in [4.78, 5) is 43.6. The van der Waals surface area contributed by atoms with E-state index < -0.39 is 11.9 Å². The number of fused-ring (bicyclic) bond motifs is 1. The zero-order chi connectivity index (χ0) is 22.5. The van der Waals surface area contributed by atoms with Crippen molar-refractivity contribution in [3.05, 3.63) is 23.9 Å². The van der Waals surface area contributed by atoms with Crippen LogP contribution in [0.4, 0.5) is 4.79 Å². The van der Waals surface area contributed by atoms with Crippen LogP contribution in [-0.4, -0.2) is 85.7 Å². The SMILES string of the molecule is CCOC(=O)N1CCN(C(=O)[C@H](C)NC(=O)c2cc3c(OC)ccc(OC)c3[nH]2)CC1. The number of nitrogens with zero attached hydrogens (tertiary/aromatic N) is 2. The van der Waals surface area contributed by atoms with Crippen LogP contribution in [0.1, 0.15) is 24.3 Å². The van der Waals surface area contributed by atoms with Crippen LogP contribution in [0, 0.1) is 0 Å². The summed E-state index contributed by atoms with van der Waals surface area (Å²) in [7, 11) is 3.10. The Morgan fingerprint density at radius 2 is 1.68 bits per heavy atom. The van der Waals surface area contributed by atoms with Crippen molar-refractivity contribution in [3.63, 3.8) is 0 Å². The number of methoxy groups -OCH3 is 2. The first-order valence-corrected chi connectivity index (χ1v) is 10.1. The minimum Gasteiger partial charge on any atom is -0.496 e. The number of benzene rings is 1. The number of piperazine rings is 1. The lowest BCUT2D eigenvalue weighted by atomic mass is 10.2. The van der Waals surface area contributed by atoms with E-state index in [1.54, 1.807) is 56.1 Å². The van der Waals surface area contributed by atoms with Crippen LogP contribution >= 0.6 is 0 Å². The highest BCUT2D eigenvalue weighted by Gasteiger charge is 2.28. The van der Waals surface area contributed by atoms with Gasteiger partial charge in [0.1, 0.15) is 23.2 Å². The Balaban J connectivity index is 1.64. The molecule has 3 rings (SSSR count). The molecule has 3 amide bonds. The maximum absolute atomic E-state index is 12.8. The second-order valence-electron chi connectivity index (χ2n) is 7.15. The van der Waals surface area contributed by atoms with Crippen molar-refractivity contribution in [2.45, 2.75) is 19.9 Å². The second kappa shape index (κ2) is 9.59. The lowest BCUT2D eigenvalue weighted by molar-refractivity contribution is -0.134. The largest absolute Gasteiger partial charge is 0.496 e. The van der Waals surface area contributed by atoms with E-state index in [1.165, 1.54) is 0 Å². The third kappa shape index (κ3) is 4.68. The molecule has 10 nitrogen and oxygen atoms in total. The van der Waals surface area contributed by atoms with Crippen LogP contribution in [0.15, 0.2) is 18.2 Å². The topological polar surface area (TPSA) is 113 Å². The summed E-state index contributed by atoms with van der Waals surface area (Å²) in [6.45, 7) is 5.27. The van der Waals surface area contributed by atoms with E-state index in [9.17, 15) is 14.4 Å². The highest BCUT2D eigenvalue weighted by atomic mass is 16.6. The molecule has 0 aliphatic carbocycles. The summed E-state index contributed by atoms with van der Waals surface area (Å²) < 4.78 is 15.7. The van der Waals surface area contributed by atoms with E-state index in [4.69, 9.17) is 14.2 Å². The molecular formula is C21H28N4O6. The fourth-order valence-electron chi connectivity index (χ4n) is 3.57. The lowest BCUT2D eigenvalue weighted by Gasteiger charge is -2.35. The molecule has 10 heteroatoms. The molecule has 2 heterocycles. The Hall–Kier alpha value is -3.43. The average Bonchev–Trinajstić information content (AvgIpc) is 3.24. The quantitative estimate of drug-likeness (QED) is 0.717. The third-order valence-corrected chi connectivity index (χ3v) is 5.24. The first kappa shape index (κ1) is 22.3. The average molecular weight is 432 g/mol. The highest BCUT2D eigenvalue weighted by Crippen LogP contribution is 2.33. The number of amides is 3. The van der Waals surface area contributed by atoms with Crippen LogP contribution in [0.2, 0.25) is 0 Å².